The molecular weight excluding hydrogens is 287 g/mol. The number of hydrogen-bond donors (Lipinski definition) is 1. The summed E-state index contributed by atoms with van der Waals surface area (Å²) in [7, 11) is 1.55. The second kappa shape index (κ2) is 6.17. The monoisotopic (exact) mass is 306 g/mol. The Hall–Kier alpha value is -2.37. The van der Waals surface area contributed by atoms with Gasteiger partial charge >= 0.3 is 12.0 Å². The molecule has 1 aliphatic rings. The Kier molecular flexibility index (Phi) is 4.49. The van der Waals surface area contributed by atoms with Gasteiger partial charge in [0.25, 0.3) is 0 Å². The molecule has 118 valence electrons. The molecule has 0 fully saturated rings. The van der Waals surface area contributed by atoms with Gasteiger partial charge in [0.1, 0.15) is 5.82 Å². The molecule has 0 saturated carbocycles. The van der Waals surface area contributed by atoms with Crippen LogP contribution in [0.4, 0.5) is 9.18 Å². The fourth-order valence-electron chi connectivity index (χ4n) is 2.32. The number of nitrogens with zero attached hydrogens (tertiary/aromatic N) is 1. The number of esters is 1. The average Bonchev–Trinajstić information content (AvgIpc) is 2.44. The SMILES string of the molecule is CC1=C(C(=O)OC(C)C)C(c2ccccc2F)NC(=O)N1C. The summed E-state index contributed by atoms with van der Waals surface area (Å²) in [5.41, 5.74) is 0.919. The highest BCUT2D eigenvalue weighted by Crippen LogP contribution is 2.32. The van der Waals surface area contributed by atoms with Crippen molar-refractivity contribution in [3.05, 3.63) is 46.9 Å². The van der Waals surface area contributed by atoms with Crippen LogP contribution in [-0.2, 0) is 9.53 Å². The third-order valence-corrected chi connectivity index (χ3v) is 3.53. The first-order chi connectivity index (χ1) is 10.3. The van der Waals surface area contributed by atoms with Crippen LogP contribution in [0.3, 0.4) is 0 Å². The van der Waals surface area contributed by atoms with E-state index in [1.807, 2.05) is 0 Å². The first-order valence-corrected chi connectivity index (χ1v) is 7.03. The van der Waals surface area contributed by atoms with E-state index in [0.29, 0.717) is 5.70 Å². The zero-order chi connectivity index (χ0) is 16.4. The summed E-state index contributed by atoms with van der Waals surface area (Å²) in [4.78, 5) is 25.7. The molecule has 1 aromatic carbocycles. The maximum atomic E-state index is 14.1. The number of halogens is 1. The Bertz CT molecular complexity index is 640. The van der Waals surface area contributed by atoms with Crippen LogP contribution in [0.1, 0.15) is 32.4 Å². The molecule has 0 spiro atoms. The molecule has 0 bridgehead atoms. The number of benzene rings is 1. The van der Waals surface area contributed by atoms with Gasteiger partial charge in [0.05, 0.1) is 17.7 Å². The molecule has 22 heavy (non-hydrogen) atoms. The summed E-state index contributed by atoms with van der Waals surface area (Å²) >= 11 is 0. The predicted molar refractivity (Wildman–Crippen MR) is 79.4 cm³/mol. The number of hydrogen-bond acceptors (Lipinski definition) is 3. The highest BCUT2D eigenvalue weighted by molar-refractivity contribution is 5.95. The first kappa shape index (κ1) is 16.0. The van der Waals surface area contributed by atoms with Crippen molar-refractivity contribution in [3.8, 4) is 0 Å². The smallest absolute Gasteiger partial charge is 0.338 e. The van der Waals surface area contributed by atoms with Crippen molar-refractivity contribution >= 4 is 12.0 Å². The van der Waals surface area contributed by atoms with Crippen molar-refractivity contribution in [1.82, 2.24) is 10.2 Å². The predicted octanol–water partition coefficient (Wildman–Crippen LogP) is 2.75. The number of carbonyl (C=O) groups is 2. The number of nitrogens with one attached hydrogen (secondary N) is 1. The van der Waals surface area contributed by atoms with Crippen molar-refractivity contribution < 1.29 is 18.7 Å². The minimum absolute atomic E-state index is 0.235. The first-order valence-electron chi connectivity index (χ1n) is 7.03. The van der Waals surface area contributed by atoms with Gasteiger partial charge in [-0.25, -0.2) is 14.0 Å². The second-order valence-corrected chi connectivity index (χ2v) is 5.42. The molecule has 2 rings (SSSR count). The molecule has 2 amide bonds. The highest BCUT2D eigenvalue weighted by atomic mass is 19.1. The molecule has 1 atom stereocenters. The van der Waals surface area contributed by atoms with E-state index in [9.17, 15) is 14.0 Å². The summed E-state index contributed by atoms with van der Waals surface area (Å²) in [6, 6.07) is 4.78. The molecule has 0 radical (unpaired) electrons. The maximum Gasteiger partial charge on any atom is 0.338 e. The lowest BCUT2D eigenvalue weighted by Crippen LogP contribution is -2.46. The molecule has 0 saturated heterocycles. The Balaban J connectivity index is 2.53. The van der Waals surface area contributed by atoms with Crippen LogP contribution in [0.15, 0.2) is 35.5 Å². The maximum absolute atomic E-state index is 14.1. The minimum atomic E-state index is -0.865. The highest BCUT2D eigenvalue weighted by Gasteiger charge is 2.36. The Morgan fingerprint density at radius 2 is 2.00 bits per heavy atom. The third-order valence-electron chi connectivity index (χ3n) is 3.53. The summed E-state index contributed by atoms with van der Waals surface area (Å²) in [6.07, 6.45) is -0.308. The van der Waals surface area contributed by atoms with E-state index >= 15 is 0 Å². The van der Waals surface area contributed by atoms with Crippen LogP contribution in [0, 0.1) is 5.82 Å². The van der Waals surface area contributed by atoms with Gasteiger partial charge < -0.3 is 15.0 Å². The van der Waals surface area contributed by atoms with Gasteiger partial charge in [-0.15, -0.1) is 0 Å². The molecule has 1 N–H and O–H groups in total. The minimum Gasteiger partial charge on any atom is -0.459 e. The van der Waals surface area contributed by atoms with E-state index in [2.05, 4.69) is 5.32 Å². The van der Waals surface area contributed by atoms with E-state index in [1.54, 1.807) is 46.0 Å². The van der Waals surface area contributed by atoms with Gasteiger partial charge in [-0.1, -0.05) is 18.2 Å². The van der Waals surface area contributed by atoms with E-state index in [-0.39, 0.29) is 17.2 Å². The normalized spacial score (nSPS) is 18.5. The number of ether oxygens (including phenoxy) is 1. The molecule has 1 aliphatic heterocycles. The molecule has 6 heteroatoms. The van der Waals surface area contributed by atoms with Gasteiger partial charge in [0.15, 0.2) is 0 Å². The topological polar surface area (TPSA) is 58.6 Å². The van der Waals surface area contributed by atoms with E-state index in [0.717, 1.165) is 0 Å². The summed E-state index contributed by atoms with van der Waals surface area (Å²) < 4.78 is 19.3. The summed E-state index contributed by atoms with van der Waals surface area (Å²) in [5, 5.41) is 2.65. The van der Waals surface area contributed by atoms with Gasteiger partial charge in [0, 0.05) is 18.3 Å². The lowest BCUT2D eigenvalue weighted by atomic mass is 9.94. The summed E-state index contributed by atoms with van der Waals surface area (Å²) in [6.45, 7) is 5.11. The Labute approximate surface area is 128 Å². The van der Waals surface area contributed by atoms with Crippen LogP contribution in [0.5, 0.6) is 0 Å². The number of urea groups is 1. The van der Waals surface area contributed by atoms with Crippen molar-refractivity contribution in [1.29, 1.82) is 0 Å². The van der Waals surface area contributed by atoms with Crippen LogP contribution in [0.25, 0.3) is 0 Å². The van der Waals surface area contributed by atoms with Crippen molar-refractivity contribution in [2.24, 2.45) is 0 Å². The lowest BCUT2D eigenvalue weighted by molar-refractivity contribution is -0.143. The molecule has 1 aromatic rings. The van der Waals surface area contributed by atoms with Crippen molar-refractivity contribution in [2.75, 3.05) is 7.05 Å². The lowest BCUT2D eigenvalue weighted by Gasteiger charge is -2.33. The van der Waals surface area contributed by atoms with Gasteiger partial charge in [0.2, 0.25) is 0 Å². The second-order valence-electron chi connectivity index (χ2n) is 5.42. The quantitative estimate of drug-likeness (QED) is 0.874. The number of allylic oxidation sites excluding steroid dienone is 1. The zero-order valence-electron chi connectivity index (χ0n) is 13.0. The van der Waals surface area contributed by atoms with Crippen LogP contribution < -0.4 is 5.32 Å². The van der Waals surface area contributed by atoms with E-state index in [1.165, 1.54) is 11.0 Å². The van der Waals surface area contributed by atoms with E-state index < -0.39 is 23.9 Å². The molecule has 0 aliphatic carbocycles. The Morgan fingerprint density at radius 3 is 2.59 bits per heavy atom. The molecule has 5 nitrogen and oxygen atoms in total. The van der Waals surface area contributed by atoms with Crippen molar-refractivity contribution in [3.63, 3.8) is 0 Å². The van der Waals surface area contributed by atoms with Crippen LogP contribution in [0.2, 0.25) is 0 Å². The summed E-state index contributed by atoms with van der Waals surface area (Å²) in [5.74, 6) is -1.05. The van der Waals surface area contributed by atoms with Crippen LogP contribution in [-0.4, -0.2) is 30.1 Å². The zero-order valence-corrected chi connectivity index (χ0v) is 13.0. The molecular formula is C16H19FN2O3. The number of rotatable bonds is 3. The van der Waals surface area contributed by atoms with Gasteiger partial charge in [-0.3, -0.25) is 0 Å². The fraction of sp³-hybridized carbons (Fsp3) is 0.375. The van der Waals surface area contributed by atoms with Gasteiger partial charge in [-0.2, -0.15) is 0 Å². The number of amides is 2. The van der Waals surface area contributed by atoms with Gasteiger partial charge in [-0.05, 0) is 26.8 Å². The number of carbonyl (C=O) groups excluding carboxylic acids is 2. The molecule has 1 unspecified atom stereocenters. The molecule has 1 heterocycles. The largest absolute Gasteiger partial charge is 0.459 e. The third kappa shape index (κ3) is 2.95. The van der Waals surface area contributed by atoms with Crippen molar-refractivity contribution in [2.45, 2.75) is 32.9 Å². The fourth-order valence-corrected chi connectivity index (χ4v) is 2.32. The molecule has 0 aromatic heterocycles. The van der Waals surface area contributed by atoms with Crippen LogP contribution >= 0.6 is 0 Å². The standard InChI is InChI=1S/C16H19FN2O3/c1-9(2)22-15(20)13-10(3)19(4)16(21)18-14(13)11-7-5-6-8-12(11)17/h5-9,14H,1-4H3,(H,18,21). The average molecular weight is 306 g/mol. The van der Waals surface area contributed by atoms with E-state index in [4.69, 9.17) is 4.74 Å². The Morgan fingerprint density at radius 1 is 1.36 bits per heavy atom.